The summed E-state index contributed by atoms with van der Waals surface area (Å²) in [6.07, 6.45) is 0.826. The van der Waals surface area contributed by atoms with Gasteiger partial charge in [-0.3, -0.25) is 0 Å². The molecule has 0 aliphatic carbocycles. The third kappa shape index (κ3) is 2.28. The molecule has 0 radical (unpaired) electrons. The maximum absolute atomic E-state index is 5.71. The first kappa shape index (κ1) is 6.96. The van der Waals surface area contributed by atoms with Gasteiger partial charge in [0.1, 0.15) is 10.5 Å². The van der Waals surface area contributed by atoms with Crippen LogP contribution in [0, 0.1) is 0 Å². The zero-order valence-corrected chi connectivity index (χ0v) is 6.61. The Hall–Kier alpha value is -0.150. The fourth-order valence-electron chi connectivity index (χ4n) is 0.526. The Morgan fingerprint density at radius 1 is 1.89 bits per heavy atom. The van der Waals surface area contributed by atoms with Crippen molar-refractivity contribution < 1.29 is 0 Å². The molecule has 0 aromatic carbocycles. The van der Waals surface area contributed by atoms with Crippen LogP contribution in [0.3, 0.4) is 0 Å². The van der Waals surface area contributed by atoms with Gasteiger partial charge in [0.15, 0.2) is 0 Å². The molecule has 0 aliphatic rings. The van der Waals surface area contributed by atoms with Gasteiger partial charge in [-0.1, -0.05) is 0 Å². The molecule has 2 nitrogen and oxygen atoms in total. The highest BCUT2D eigenvalue weighted by atomic mass is 35.5. The Kier molecular flexibility index (Phi) is 2.42. The van der Waals surface area contributed by atoms with Crippen LogP contribution in [0.2, 0.25) is 0 Å². The Balaban J connectivity index is 2.48. The molecule has 9 heavy (non-hydrogen) atoms. The second-order valence-corrected chi connectivity index (χ2v) is 3.48. The zero-order valence-electron chi connectivity index (χ0n) is 5.04. The second-order valence-electron chi connectivity index (χ2n) is 1.82. The van der Waals surface area contributed by atoms with Crippen molar-refractivity contribution in [3.05, 3.63) is 10.5 Å². The molecule has 0 saturated carbocycles. The van der Waals surface area contributed by atoms with E-state index in [9.17, 15) is 0 Å². The molecule has 0 bridgehead atoms. The molecule has 0 spiro atoms. The fraction of sp³-hybridized carbons (Fsp3) is 0.600. The van der Waals surface area contributed by atoms with E-state index in [4.69, 9.17) is 11.6 Å². The Morgan fingerprint density at radius 3 is 3.11 bits per heavy atom. The lowest BCUT2D eigenvalue weighted by atomic mass is 10.3. The Labute approximate surface area is 62.9 Å². The predicted octanol–water partition coefficient (Wildman–Crippen LogP) is 1.71. The standard InChI is InChI=1S/C5H7ClN2S/c1-4(6)2-5-8-7-3-9-5/h3-4H,2H2,1H3. The lowest BCUT2D eigenvalue weighted by molar-refractivity contribution is 0.885. The molecule has 1 rings (SSSR count). The average Bonchev–Trinajstić information content (AvgIpc) is 2.15. The van der Waals surface area contributed by atoms with E-state index in [0.29, 0.717) is 0 Å². The van der Waals surface area contributed by atoms with Gasteiger partial charge in [0.25, 0.3) is 0 Å². The number of hydrogen-bond donors (Lipinski definition) is 0. The minimum atomic E-state index is 0.165. The van der Waals surface area contributed by atoms with Gasteiger partial charge in [-0.05, 0) is 6.92 Å². The van der Waals surface area contributed by atoms with Crippen molar-refractivity contribution in [3.63, 3.8) is 0 Å². The van der Waals surface area contributed by atoms with E-state index in [-0.39, 0.29) is 5.38 Å². The van der Waals surface area contributed by atoms with Crippen molar-refractivity contribution in [2.24, 2.45) is 0 Å². The SMILES string of the molecule is CC(Cl)Cc1nncs1. The van der Waals surface area contributed by atoms with Crippen LogP contribution in [0.1, 0.15) is 11.9 Å². The molecule has 0 amide bonds. The summed E-state index contributed by atoms with van der Waals surface area (Å²) in [7, 11) is 0. The lowest BCUT2D eigenvalue weighted by Gasteiger charge is -1.93. The number of aromatic nitrogens is 2. The third-order valence-electron chi connectivity index (χ3n) is 0.861. The summed E-state index contributed by atoms with van der Waals surface area (Å²) in [5.74, 6) is 0. The van der Waals surface area contributed by atoms with E-state index in [2.05, 4.69) is 10.2 Å². The van der Waals surface area contributed by atoms with E-state index in [0.717, 1.165) is 11.4 Å². The van der Waals surface area contributed by atoms with E-state index in [1.165, 1.54) is 0 Å². The summed E-state index contributed by atoms with van der Waals surface area (Å²) in [5, 5.41) is 8.70. The van der Waals surface area contributed by atoms with Crippen LogP contribution in [0.25, 0.3) is 0 Å². The zero-order chi connectivity index (χ0) is 6.69. The van der Waals surface area contributed by atoms with E-state index < -0.39 is 0 Å². The fourth-order valence-corrected chi connectivity index (χ4v) is 1.42. The molecule has 0 saturated heterocycles. The first-order chi connectivity index (χ1) is 4.29. The van der Waals surface area contributed by atoms with E-state index in [1.54, 1.807) is 16.8 Å². The lowest BCUT2D eigenvalue weighted by Crippen LogP contribution is -1.95. The maximum Gasteiger partial charge on any atom is 0.118 e. The van der Waals surface area contributed by atoms with Crippen LogP contribution in [0.5, 0.6) is 0 Å². The van der Waals surface area contributed by atoms with Crippen molar-refractivity contribution in [2.75, 3.05) is 0 Å². The largest absolute Gasteiger partial charge is 0.147 e. The van der Waals surface area contributed by atoms with Gasteiger partial charge in [-0.2, -0.15) is 0 Å². The monoisotopic (exact) mass is 162 g/mol. The van der Waals surface area contributed by atoms with Crippen LogP contribution in [-0.4, -0.2) is 15.6 Å². The summed E-state index contributed by atoms with van der Waals surface area (Å²) in [6, 6.07) is 0. The molecule has 1 heterocycles. The highest BCUT2D eigenvalue weighted by Crippen LogP contribution is 2.07. The summed E-state index contributed by atoms with van der Waals surface area (Å²) < 4.78 is 0. The van der Waals surface area contributed by atoms with Crippen LogP contribution in [0.4, 0.5) is 0 Å². The molecule has 1 atom stereocenters. The first-order valence-corrected chi connectivity index (χ1v) is 4.00. The first-order valence-electron chi connectivity index (χ1n) is 2.68. The topological polar surface area (TPSA) is 25.8 Å². The summed E-state index contributed by atoms with van der Waals surface area (Å²) in [6.45, 7) is 1.95. The molecule has 0 fully saturated rings. The van der Waals surface area contributed by atoms with E-state index in [1.807, 2.05) is 6.92 Å². The van der Waals surface area contributed by atoms with Crippen molar-refractivity contribution in [3.8, 4) is 0 Å². The van der Waals surface area contributed by atoms with Gasteiger partial charge < -0.3 is 0 Å². The summed E-state index contributed by atoms with van der Waals surface area (Å²) in [5.41, 5.74) is 1.72. The highest BCUT2D eigenvalue weighted by Gasteiger charge is 2.00. The van der Waals surface area contributed by atoms with E-state index >= 15 is 0 Å². The Morgan fingerprint density at radius 2 is 2.67 bits per heavy atom. The van der Waals surface area contributed by atoms with Gasteiger partial charge in [0, 0.05) is 11.8 Å². The van der Waals surface area contributed by atoms with Gasteiger partial charge in [0.2, 0.25) is 0 Å². The molecule has 1 aromatic rings. The van der Waals surface area contributed by atoms with Gasteiger partial charge >= 0.3 is 0 Å². The molecular weight excluding hydrogens is 156 g/mol. The van der Waals surface area contributed by atoms with Crippen LogP contribution in [-0.2, 0) is 6.42 Å². The number of halogens is 1. The minimum Gasteiger partial charge on any atom is -0.147 e. The van der Waals surface area contributed by atoms with Crippen molar-refractivity contribution >= 4 is 22.9 Å². The van der Waals surface area contributed by atoms with Crippen molar-refractivity contribution in [1.29, 1.82) is 0 Å². The van der Waals surface area contributed by atoms with Crippen LogP contribution >= 0.6 is 22.9 Å². The molecule has 50 valence electrons. The molecule has 4 heteroatoms. The highest BCUT2D eigenvalue weighted by molar-refractivity contribution is 7.09. The number of hydrogen-bond acceptors (Lipinski definition) is 3. The number of alkyl halides is 1. The molecule has 0 N–H and O–H groups in total. The van der Waals surface area contributed by atoms with Gasteiger partial charge in [-0.15, -0.1) is 33.1 Å². The number of rotatable bonds is 2. The maximum atomic E-state index is 5.71. The molecular formula is C5H7ClN2S. The number of nitrogens with zero attached hydrogens (tertiary/aromatic N) is 2. The normalized spacial score (nSPS) is 13.6. The third-order valence-corrected chi connectivity index (χ3v) is 1.74. The van der Waals surface area contributed by atoms with Gasteiger partial charge in [0.05, 0.1) is 0 Å². The minimum absolute atomic E-state index is 0.165. The average molecular weight is 163 g/mol. The quantitative estimate of drug-likeness (QED) is 0.619. The second kappa shape index (κ2) is 3.13. The molecule has 0 aliphatic heterocycles. The van der Waals surface area contributed by atoms with Crippen LogP contribution < -0.4 is 0 Å². The molecule has 1 aromatic heterocycles. The van der Waals surface area contributed by atoms with Gasteiger partial charge in [-0.25, -0.2) is 0 Å². The van der Waals surface area contributed by atoms with Crippen molar-refractivity contribution in [2.45, 2.75) is 18.7 Å². The predicted molar refractivity (Wildman–Crippen MR) is 38.9 cm³/mol. The molecule has 1 unspecified atom stereocenters. The Bertz CT molecular complexity index is 161. The van der Waals surface area contributed by atoms with Crippen molar-refractivity contribution in [1.82, 2.24) is 10.2 Å². The van der Waals surface area contributed by atoms with Crippen LogP contribution in [0.15, 0.2) is 5.51 Å². The smallest absolute Gasteiger partial charge is 0.118 e. The summed E-state index contributed by atoms with van der Waals surface area (Å²) in [4.78, 5) is 0. The summed E-state index contributed by atoms with van der Waals surface area (Å²) >= 11 is 7.25.